The molecule has 0 aliphatic carbocycles. The summed E-state index contributed by atoms with van der Waals surface area (Å²) in [5.41, 5.74) is 0. The van der Waals surface area contributed by atoms with Gasteiger partial charge in [0.15, 0.2) is 12.2 Å². The number of phosphoric acid groups is 2. The molecule has 3 N–H and O–H groups in total. The quantitative estimate of drug-likeness (QED) is 0.0222. The topological polar surface area (TPSA) is 237 Å². The third kappa shape index (κ3) is 68.6. The van der Waals surface area contributed by atoms with E-state index in [-0.39, 0.29) is 25.7 Å². The van der Waals surface area contributed by atoms with Gasteiger partial charge in [0.2, 0.25) is 0 Å². The molecule has 17 nitrogen and oxygen atoms in total. The lowest BCUT2D eigenvalue weighted by atomic mass is 10.0. The molecule has 0 spiro atoms. The third-order valence-corrected chi connectivity index (χ3v) is 19.4. The van der Waals surface area contributed by atoms with Crippen LogP contribution in [0.15, 0.2) is 0 Å². The van der Waals surface area contributed by atoms with Gasteiger partial charge in [-0.3, -0.25) is 37.3 Å². The lowest BCUT2D eigenvalue weighted by Crippen LogP contribution is -2.30. The van der Waals surface area contributed by atoms with E-state index in [9.17, 15) is 43.2 Å². The molecule has 0 aliphatic rings. The summed E-state index contributed by atoms with van der Waals surface area (Å²) in [4.78, 5) is 72.6. The molecule has 19 heteroatoms. The second-order valence-electron chi connectivity index (χ2n) is 28.0. The maximum atomic E-state index is 13.1. The normalized spacial score (nSPS) is 14.0. The summed E-state index contributed by atoms with van der Waals surface area (Å²) in [5, 5.41) is 10.6. The van der Waals surface area contributed by atoms with E-state index in [1.807, 2.05) is 0 Å². The van der Waals surface area contributed by atoms with Gasteiger partial charge in [-0.15, -0.1) is 0 Å². The minimum Gasteiger partial charge on any atom is -0.462 e. The number of hydrogen-bond acceptors (Lipinski definition) is 15. The minimum absolute atomic E-state index is 0.106. The molecule has 0 heterocycles. The van der Waals surface area contributed by atoms with E-state index < -0.39 is 97.5 Å². The number of aliphatic hydroxyl groups is 1. The smallest absolute Gasteiger partial charge is 0.462 e. The maximum absolute atomic E-state index is 13.1. The van der Waals surface area contributed by atoms with Crippen molar-refractivity contribution in [1.29, 1.82) is 0 Å². The number of unbranched alkanes of at least 4 members (excludes halogenated alkanes) is 44. The second-order valence-corrected chi connectivity index (χ2v) is 30.9. The molecule has 2 unspecified atom stereocenters. The number of phosphoric ester groups is 2. The molecular weight excluding hydrogens is 1230 g/mol. The molecule has 0 amide bonds. The SMILES string of the molecule is CCCCCCCCCCCCC(=O)O[C@H](COC(=O)CCCCCCCCCCC)COP(=O)(O)OC[C@H](O)COP(=O)(O)OC[C@@H](COC(=O)CCCCCCCCCCCCCC(C)C)OC(=O)CCCCCCCCCCCCCCCCCCCCC(C)C. The van der Waals surface area contributed by atoms with Gasteiger partial charge in [-0.05, 0) is 37.5 Å². The number of esters is 4. The van der Waals surface area contributed by atoms with Crippen LogP contribution < -0.4 is 0 Å². The largest absolute Gasteiger partial charge is 0.472 e. The molecule has 0 rings (SSSR count). The average molecular weight is 1380 g/mol. The maximum Gasteiger partial charge on any atom is 0.472 e. The third-order valence-electron chi connectivity index (χ3n) is 17.5. The van der Waals surface area contributed by atoms with Crippen LogP contribution in [0.2, 0.25) is 0 Å². The molecule has 0 aromatic rings. The first-order chi connectivity index (χ1) is 45.4. The zero-order chi connectivity index (χ0) is 69.3. The van der Waals surface area contributed by atoms with Crippen LogP contribution in [-0.4, -0.2) is 96.7 Å². The summed E-state index contributed by atoms with van der Waals surface area (Å²) in [5.74, 6) is -0.527. The molecule has 0 saturated carbocycles. The van der Waals surface area contributed by atoms with E-state index in [0.29, 0.717) is 25.7 Å². The Hall–Kier alpha value is -1.94. The summed E-state index contributed by atoms with van der Waals surface area (Å²) < 4.78 is 68.4. The van der Waals surface area contributed by atoms with Crippen LogP contribution in [0.4, 0.5) is 0 Å². The van der Waals surface area contributed by atoms with E-state index >= 15 is 0 Å². The number of aliphatic hydroxyl groups excluding tert-OH is 1. The van der Waals surface area contributed by atoms with E-state index in [2.05, 4.69) is 41.5 Å². The van der Waals surface area contributed by atoms with Crippen molar-refractivity contribution in [3.8, 4) is 0 Å². The molecule has 5 atom stereocenters. The van der Waals surface area contributed by atoms with Crippen LogP contribution in [0.5, 0.6) is 0 Å². The highest BCUT2D eigenvalue weighted by Crippen LogP contribution is 2.45. The molecule has 0 aliphatic heterocycles. The van der Waals surface area contributed by atoms with Crippen molar-refractivity contribution < 1.29 is 80.2 Å². The first-order valence-electron chi connectivity index (χ1n) is 39.0. The Bertz CT molecular complexity index is 1820. The first kappa shape index (κ1) is 92.1. The van der Waals surface area contributed by atoms with E-state index in [4.69, 9.17) is 37.0 Å². The average Bonchev–Trinajstić information content (AvgIpc) is 1.36. The Morgan fingerprint density at radius 2 is 0.489 bits per heavy atom. The van der Waals surface area contributed by atoms with E-state index in [1.54, 1.807) is 0 Å². The van der Waals surface area contributed by atoms with Gasteiger partial charge in [0.1, 0.15) is 19.3 Å². The first-order valence-corrected chi connectivity index (χ1v) is 42.0. The predicted molar refractivity (Wildman–Crippen MR) is 381 cm³/mol. The van der Waals surface area contributed by atoms with Crippen molar-refractivity contribution in [3.63, 3.8) is 0 Å². The predicted octanol–water partition coefficient (Wildman–Crippen LogP) is 21.9. The Balaban J connectivity index is 5.18. The fourth-order valence-corrected chi connectivity index (χ4v) is 13.1. The lowest BCUT2D eigenvalue weighted by molar-refractivity contribution is -0.161. The molecule has 0 saturated heterocycles. The molecule has 0 radical (unpaired) electrons. The zero-order valence-corrected chi connectivity index (χ0v) is 63.1. The van der Waals surface area contributed by atoms with Crippen LogP contribution in [0.3, 0.4) is 0 Å². The highest BCUT2D eigenvalue weighted by atomic mass is 31.2. The van der Waals surface area contributed by atoms with Gasteiger partial charge in [0.05, 0.1) is 26.4 Å². The van der Waals surface area contributed by atoms with Crippen LogP contribution in [0.25, 0.3) is 0 Å². The van der Waals surface area contributed by atoms with E-state index in [1.165, 1.54) is 205 Å². The second kappa shape index (κ2) is 66.9. The molecular formula is C75H146O17P2. The van der Waals surface area contributed by atoms with Crippen LogP contribution >= 0.6 is 15.6 Å². The van der Waals surface area contributed by atoms with Crippen LogP contribution in [0.1, 0.15) is 388 Å². The van der Waals surface area contributed by atoms with Gasteiger partial charge in [0.25, 0.3) is 0 Å². The van der Waals surface area contributed by atoms with Crippen molar-refractivity contribution >= 4 is 39.5 Å². The fourth-order valence-electron chi connectivity index (χ4n) is 11.5. The number of carbonyl (C=O) groups excluding carboxylic acids is 4. The fraction of sp³-hybridized carbons (Fsp3) is 0.947. The Morgan fingerprint density at radius 1 is 0.287 bits per heavy atom. The summed E-state index contributed by atoms with van der Waals surface area (Å²) >= 11 is 0. The van der Waals surface area contributed by atoms with Gasteiger partial charge < -0.3 is 33.8 Å². The molecule has 0 fully saturated rings. The number of ether oxygens (including phenoxy) is 4. The van der Waals surface area contributed by atoms with Gasteiger partial charge in [-0.25, -0.2) is 9.13 Å². The minimum atomic E-state index is -4.96. The molecule has 558 valence electrons. The van der Waals surface area contributed by atoms with Crippen molar-refractivity contribution in [1.82, 2.24) is 0 Å². The lowest BCUT2D eigenvalue weighted by Gasteiger charge is -2.21. The van der Waals surface area contributed by atoms with Crippen LogP contribution in [0, 0.1) is 11.8 Å². The summed E-state index contributed by atoms with van der Waals surface area (Å²) in [6, 6.07) is 0. The van der Waals surface area contributed by atoms with Crippen LogP contribution in [-0.2, 0) is 65.4 Å². The number of rotatable bonds is 74. The highest BCUT2D eigenvalue weighted by Gasteiger charge is 2.30. The van der Waals surface area contributed by atoms with E-state index in [0.717, 1.165) is 102 Å². The van der Waals surface area contributed by atoms with Crippen molar-refractivity contribution in [2.24, 2.45) is 11.8 Å². The highest BCUT2D eigenvalue weighted by molar-refractivity contribution is 7.47. The standard InChI is InChI=1S/C75H146O17P2/c1-7-9-11-13-15-17-34-41-47-53-59-74(79)91-70(63-85-72(77)57-51-45-39-31-16-14-12-10-8-2)65-89-93(81,82)87-61-69(76)62-88-94(83,84)90-66-71(64-86-73(78)58-52-46-40-35-30-26-28-33-38-44-50-56-68(5)6)92-75(80)60-54-48-42-36-29-25-23-21-19-18-20-22-24-27-32-37-43-49-55-67(3)4/h67-71,76H,7-66H2,1-6H3,(H,81,82)(H,83,84)/t69-,70+,71+/m0/s1. The van der Waals surface area contributed by atoms with Gasteiger partial charge in [-0.1, -0.05) is 337 Å². The summed E-state index contributed by atoms with van der Waals surface area (Å²) in [7, 11) is -9.90. The zero-order valence-electron chi connectivity index (χ0n) is 61.3. The number of hydrogen-bond donors (Lipinski definition) is 3. The molecule has 0 aromatic heterocycles. The Kier molecular flexibility index (Phi) is 65.5. The molecule has 0 bridgehead atoms. The Morgan fingerprint density at radius 3 is 0.723 bits per heavy atom. The summed E-state index contributed by atoms with van der Waals surface area (Å²) in [6.45, 7) is 9.60. The molecule has 94 heavy (non-hydrogen) atoms. The van der Waals surface area contributed by atoms with Gasteiger partial charge >= 0.3 is 39.5 Å². The van der Waals surface area contributed by atoms with Gasteiger partial charge in [0, 0.05) is 25.7 Å². The van der Waals surface area contributed by atoms with Crippen molar-refractivity contribution in [2.45, 2.75) is 407 Å². The monoisotopic (exact) mass is 1380 g/mol. The van der Waals surface area contributed by atoms with Gasteiger partial charge in [-0.2, -0.15) is 0 Å². The summed E-state index contributed by atoms with van der Waals surface area (Å²) in [6.07, 6.45) is 54.2. The van der Waals surface area contributed by atoms with Crippen molar-refractivity contribution in [2.75, 3.05) is 39.6 Å². The Labute approximate surface area is 575 Å². The molecule has 0 aromatic carbocycles. The number of carbonyl (C=O) groups is 4. The van der Waals surface area contributed by atoms with Crippen molar-refractivity contribution in [3.05, 3.63) is 0 Å².